The van der Waals surface area contributed by atoms with Crippen LogP contribution >= 0.6 is 0 Å². The highest BCUT2D eigenvalue weighted by atomic mass is 19.1. The molecule has 0 aliphatic heterocycles. The van der Waals surface area contributed by atoms with E-state index in [9.17, 15) is 9.18 Å². The molecule has 2 N–H and O–H groups in total. The lowest BCUT2D eigenvalue weighted by Gasteiger charge is -2.14. The van der Waals surface area contributed by atoms with Crippen molar-refractivity contribution in [3.8, 4) is 5.69 Å². The second-order valence-corrected chi connectivity index (χ2v) is 5.15. The van der Waals surface area contributed by atoms with Gasteiger partial charge in [-0.1, -0.05) is 6.92 Å². The number of nitrogens with zero attached hydrogens (tertiary/aromatic N) is 2. The number of benzene rings is 1. The molecule has 1 aromatic heterocycles. The van der Waals surface area contributed by atoms with Crippen LogP contribution in [0.15, 0.2) is 30.3 Å². The SMILES string of the molecule is CCC(CCO)NC(=O)c1cc(C)n(-c2ccc(F)cc2)n1. The number of carbonyl (C=O) groups is 1. The van der Waals surface area contributed by atoms with Gasteiger partial charge in [-0.3, -0.25) is 4.79 Å². The monoisotopic (exact) mass is 305 g/mol. The molecule has 1 unspecified atom stereocenters. The molecule has 0 fully saturated rings. The minimum atomic E-state index is -0.318. The van der Waals surface area contributed by atoms with Crippen molar-refractivity contribution in [3.05, 3.63) is 47.5 Å². The average Bonchev–Trinajstić information content (AvgIpc) is 2.89. The van der Waals surface area contributed by atoms with Crippen molar-refractivity contribution in [1.82, 2.24) is 15.1 Å². The van der Waals surface area contributed by atoms with Crippen LogP contribution in [0.3, 0.4) is 0 Å². The summed E-state index contributed by atoms with van der Waals surface area (Å²) in [7, 11) is 0. The Balaban J connectivity index is 2.18. The first-order valence-corrected chi connectivity index (χ1v) is 7.29. The summed E-state index contributed by atoms with van der Waals surface area (Å²) < 4.78 is 14.6. The van der Waals surface area contributed by atoms with Gasteiger partial charge in [-0.2, -0.15) is 5.10 Å². The molecule has 0 bridgehead atoms. The fraction of sp³-hybridized carbons (Fsp3) is 0.375. The first kappa shape index (κ1) is 16.2. The number of hydrogen-bond acceptors (Lipinski definition) is 3. The summed E-state index contributed by atoms with van der Waals surface area (Å²) in [4.78, 5) is 12.2. The third-order valence-electron chi connectivity index (χ3n) is 3.50. The summed E-state index contributed by atoms with van der Waals surface area (Å²) >= 11 is 0. The van der Waals surface area contributed by atoms with Crippen LogP contribution in [0.1, 0.15) is 35.9 Å². The number of aliphatic hydroxyl groups excluding tert-OH is 1. The van der Waals surface area contributed by atoms with Crippen LogP contribution in [-0.4, -0.2) is 33.4 Å². The van der Waals surface area contributed by atoms with Crippen molar-refractivity contribution in [2.75, 3.05) is 6.61 Å². The maximum Gasteiger partial charge on any atom is 0.272 e. The van der Waals surface area contributed by atoms with Crippen LogP contribution in [0.25, 0.3) is 5.69 Å². The predicted octanol–water partition coefficient (Wildman–Crippen LogP) is 2.21. The van der Waals surface area contributed by atoms with E-state index < -0.39 is 0 Å². The van der Waals surface area contributed by atoms with E-state index in [0.717, 1.165) is 12.1 Å². The lowest BCUT2D eigenvalue weighted by Crippen LogP contribution is -2.35. The second-order valence-electron chi connectivity index (χ2n) is 5.15. The van der Waals surface area contributed by atoms with Crippen LogP contribution < -0.4 is 5.32 Å². The molecule has 1 heterocycles. The number of aliphatic hydroxyl groups is 1. The molecule has 0 saturated carbocycles. The smallest absolute Gasteiger partial charge is 0.272 e. The van der Waals surface area contributed by atoms with Crippen LogP contribution in [-0.2, 0) is 0 Å². The Hall–Kier alpha value is -2.21. The molecule has 1 atom stereocenters. The fourth-order valence-corrected chi connectivity index (χ4v) is 2.22. The fourth-order valence-electron chi connectivity index (χ4n) is 2.22. The van der Waals surface area contributed by atoms with Gasteiger partial charge in [-0.25, -0.2) is 9.07 Å². The van der Waals surface area contributed by atoms with Crippen molar-refractivity contribution < 1.29 is 14.3 Å². The molecular weight excluding hydrogens is 285 g/mol. The molecule has 0 radical (unpaired) electrons. The molecule has 0 aliphatic carbocycles. The van der Waals surface area contributed by atoms with Gasteiger partial charge in [0, 0.05) is 18.3 Å². The maximum atomic E-state index is 13.0. The molecule has 2 aromatic rings. The van der Waals surface area contributed by atoms with E-state index in [4.69, 9.17) is 5.11 Å². The molecule has 1 amide bonds. The van der Waals surface area contributed by atoms with Gasteiger partial charge in [0.2, 0.25) is 0 Å². The van der Waals surface area contributed by atoms with E-state index in [2.05, 4.69) is 10.4 Å². The van der Waals surface area contributed by atoms with E-state index in [1.54, 1.807) is 22.9 Å². The maximum absolute atomic E-state index is 13.0. The number of aryl methyl sites for hydroxylation is 1. The summed E-state index contributed by atoms with van der Waals surface area (Å²) in [6.45, 7) is 3.81. The Morgan fingerprint density at radius 3 is 2.68 bits per heavy atom. The van der Waals surface area contributed by atoms with Crippen molar-refractivity contribution >= 4 is 5.91 Å². The number of halogens is 1. The van der Waals surface area contributed by atoms with Gasteiger partial charge in [0.1, 0.15) is 5.82 Å². The van der Waals surface area contributed by atoms with E-state index in [-0.39, 0.29) is 24.4 Å². The Kier molecular flexibility index (Phi) is 5.27. The van der Waals surface area contributed by atoms with E-state index in [1.165, 1.54) is 12.1 Å². The number of carbonyl (C=O) groups excluding carboxylic acids is 1. The van der Waals surface area contributed by atoms with Gasteiger partial charge in [-0.05, 0) is 50.1 Å². The third-order valence-corrected chi connectivity index (χ3v) is 3.50. The Bertz CT molecular complexity index is 637. The van der Waals surface area contributed by atoms with Gasteiger partial charge < -0.3 is 10.4 Å². The van der Waals surface area contributed by atoms with Crippen LogP contribution in [0.2, 0.25) is 0 Å². The molecule has 6 heteroatoms. The topological polar surface area (TPSA) is 67.2 Å². The number of rotatable bonds is 6. The quantitative estimate of drug-likeness (QED) is 0.860. The van der Waals surface area contributed by atoms with Crippen LogP contribution in [0, 0.1) is 12.7 Å². The zero-order valence-corrected chi connectivity index (χ0v) is 12.7. The Labute approximate surface area is 128 Å². The van der Waals surface area contributed by atoms with Crippen molar-refractivity contribution in [3.63, 3.8) is 0 Å². The van der Waals surface area contributed by atoms with Gasteiger partial charge >= 0.3 is 0 Å². The number of nitrogens with one attached hydrogen (secondary N) is 1. The van der Waals surface area contributed by atoms with Crippen molar-refractivity contribution in [2.24, 2.45) is 0 Å². The molecule has 0 saturated heterocycles. The summed E-state index contributed by atoms with van der Waals surface area (Å²) in [6.07, 6.45) is 1.25. The summed E-state index contributed by atoms with van der Waals surface area (Å²) in [6, 6.07) is 7.53. The molecule has 118 valence electrons. The molecular formula is C16H20FN3O2. The number of hydrogen-bond donors (Lipinski definition) is 2. The lowest BCUT2D eigenvalue weighted by molar-refractivity contribution is 0.0923. The third kappa shape index (κ3) is 3.71. The largest absolute Gasteiger partial charge is 0.396 e. The van der Waals surface area contributed by atoms with Gasteiger partial charge in [-0.15, -0.1) is 0 Å². The van der Waals surface area contributed by atoms with Crippen molar-refractivity contribution in [2.45, 2.75) is 32.7 Å². The predicted molar refractivity (Wildman–Crippen MR) is 81.5 cm³/mol. The Morgan fingerprint density at radius 2 is 2.09 bits per heavy atom. The zero-order valence-electron chi connectivity index (χ0n) is 12.7. The highest BCUT2D eigenvalue weighted by Gasteiger charge is 2.16. The van der Waals surface area contributed by atoms with Gasteiger partial charge in [0.15, 0.2) is 5.69 Å². The first-order chi connectivity index (χ1) is 10.5. The van der Waals surface area contributed by atoms with Crippen LogP contribution in [0.4, 0.5) is 4.39 Å². The highest BCUT2D eigenvalue weighted by Crippen LogP contribution is 2.13. The minimum Gasteiger partial charge on any atom is -0.396 e. The standard InChI is InChI=1S/C16H20FN3O2/c1-3-13(8-9-21)18-16(22)15-10-11(2)20(19-15)14-6-4-12(17)5-7-14/h4-7,10,13,21H,3,8-9H2,1-2H3,(H,18,22). The number of amides is 1. The average molecular weight is 305 g/mol. The van der Waals surface area contributed by atoms with E-state index in [0.29, 0.717) is 17.8 Å². The summed E-state index contributed by atoms with van der Waals surface area (Å²) in [5.74, 6) is -0.592. The molecule has 2 rings (SSSR count). The highest BCUT2D eigenvalue weighted by molar-refractivity contribution is 5.92. The number of aromatic nitrogens is 2. The Morgan fingerprint density at radius 1 is 1.41 bits per heavy atom. The molecule has 0 aliphatic rings. The first-order valence-electron chi connectivity index (χ1n) is 7.29. The molecule has 22 heavy (non-hydrogen) atoms. The lowest BCUT2D eigenvalue weighted by atomic mass is 10.1. The molecule has 0 spiro atoms. The van der Waals surface area contributed by atoms with E-state index >= 15 is 0 Å². The van der Waals surface area contributed by atoms with Gasteiger partial charge in [0.05, 0.1) is 5.69 Å². The van der Waals surface area contributed by atoms with Crippen LogP contribution in [0.5, 0.6) is 0 Å². The molecule has 5 nitrogen and oxygen atoms in total. The minimum absolute atomic E-state index is 0.0296. The van der Waals surface area contributed by atoms with Crippen molar-refractivity contribution in [1.29, 1.82) is 0 Å². The normalized spacial score (nSPS) is 12.2. The second kappa shape index (κ2) is 7.17. The molecule has 1 aromatic carbocycles. The summed E-state index contributed by atoms with van der Waals surface area (Å²) in [5, 5.41) is 16.1. The zero-order chi connectivity index (χ0) is 16.1. The van der Waals surface area contributed by atoms with E-state index in [1.807, 2.05) is 13.8 Å². The van der Waals surface area contributed by atoms with Gasteiger partial charge in [0.25, 0.3) is 5.91 Å². The summed E-state index contributed by atoms with van der Waals surface area (Å²) in [5.41, 5.74) is 1.78.